The van der Waals surface area contributed by atoms with Crippen molar-refractivity contribution in [3.8, 4) is 0 Å². The zero-order valence-corrected chi connectivity index (χ0v) is 12.1. The molecule has 1 amide bonds. The smallest absolute Gasteiger partial charge is 0.263 e. The summed E-state index contributed by atoms with van der Waals surface area (Å²) >= 11 is 0. The molecule has 0 bridgehead atoms. The summed E-state index contributed by atoms with van der Waals surface area (Å²) in [4.78, 5) is 11.9. The number of aliphatic hydroxyl groups is 1. The van der Waals surface area contributed by atoms with Crippen LogP contribution in [-0.4, -0.2) is 29.1 Å². The van der Waals surface area contributed by atoms with Gasteiger partial charge in [-0.05, 0) is 25.0 Å². The first-order valence-electron chi connectivity index (χ1n) is 7.08. The van der Waals surface area contributed by atoms with E-state index in [1.165, 1.54) is 0 Å². The molecular weight excluding hydrogens is 321 g/mol. The topological polar surface area (TPSA) is 49.3 Å². The van der Waals surface area contributed by atoms with Crippen molar-refractivity contribution in [2.45, 2.75) is 43.6 Å². The van der Waals surface area contributed by atoms with Crippen LogP contribution in [0.15, 0.2) is 18.2 Å². The van der Waals surface area contributed by atoms with Crippen molar-refractivity contribution >= 4 is 5.91 Å². The third kappa shape index (κ3) is 4.40. The molecule has 1 fully saturated rings. The summed E-state index contributed by atoms with van der Waals surface area (Å²) in [5.41, 5.74) is -2.59. The molecule has 0 atom stereocenters. The Kier molecular flexibility index (Phi) is 4.93. The summed E-state index contributed by atoms with van der Waals surface area (Å²) in [7, 11) is 0. The highest BCUT2D eigenvalue weighted by Gasteiger charge is 2.42. The highest BCUT2D eigenvalue weighted by molar-refractivity contribution is 5.94. The average Bonchev–Trinajstić information content (AvgIpc) is 2.49. The molecule has 2 rings (SSSR count). The van der Waals surface area contributed by atoms with E-state index in [0.717, 1.165) is 18.2 Å². The predicted molar refractivity (Wildman–Crippen MR) is 72.1 cm³/mol. The highest BCUT2D eigenvalue weighted by Crippen LogP contribution is 2.38. The van der Waals surface area contributed by atoms with Gasteiger partial charge in [0.15, 0.2) is 0 Å². The van der Waals surface area contributed by atoms with Gasteiger partial charge in [0.05, 0.1) is 11.2 Å². The summed E-state index contributed by atoms with van der Waals surface area (Å²) < 4.78 is 64.9. The van der Waals surface area contributed by atoms with Crippen molar-refractivity contribution in [2.75, 3.05) is 6.54 Å². The second-order valence-corrected chi connectivity index (χ2v) is 5.80. The Balaban J connectivity index is 2.01. The van der Waals surface area contributed by atoms with E-state index in [1.807, 2.05) is 0 Å². The molecular formula is C15H16F5NO2. The molecule has 2 N–H and O–H groups in total. The van der Waals surface area contributed by atoms with Gasteiger partial charge in [0, 0.05) is 24.9 Å². The molecule has 0 saturated heterocycles. The zero-order valence-electron chi connectivity index (χ0n) is 12.1. The third-order valence-corrected chi connectivity index (χ3v) is 3.98. The number of halogens is 5. The molecule has 0 aliphatic heterocycles. The lowest BCUT2D eigenvalue weighted by Gasteiger charge is -2.35. The van der Waals surface area contributed by atoms with Crippen LogP contribution in [0.1, 0.15) is 48.0 Å². The second kappa shape index (κ2) is 6.43. The summed E-state index contributed by atoms with van der Waals surface area (Å²) in [6.07, 6.45) is -4.28. The largest absolute Gasteiger partial charge is 0.388 e. The minimum atomic E-state index is -2.85. The molecule has 0 spiro atoms. The molecule has 0 heterocycles. The van der Waals surface area contributed by atoms with Gasteiger partial charge < -0.3 is 10.4 Å². The molecule has 3 nitrogen and oxygen atoms in total. The van der Waals surface area contributed by atoms with Crippen LogP contribution in [0.3, 0.4) is 0 Å². The van der Waals surface area contributed by atoms with E-state index in [9.17, 15) is 31.9 Å². The van der Waals surface area contributed by atoms with Crippen molar-refractivity contribution in [3.05, 3.63) is 35.1 Å². The Morgan fingerprint density at radius 3 is 2.39 bits per heavy atom. The van der Waals surface area contributed by atoms with Crippen LogP contribution < -0.4 is 5.32 Å². The molecule has 0 radical (unpaired) electrons. The molecule has 23 heavy (non-hydrogen) atoms. The van der Waals surface area contributed by atoms with Gasteiger partial charge in [0.2, 0.25) is 5.92 Å². The first-order valence-corrected chi connectivity index (χ1v) is 7.08. The van der Waals surface area contributed by atoms with Crippen LogP contribution >= 0.6 is 0 Å². The van der Waals surface area contributed by atoms with E-state index < -0.39 is 53.6 Å². The molecule has 1 saturated carbocycles. The number of hydrogen-bond acceptors (Lipinski definition) is 2. The molecule has 1 aromatic rings. The summed E-state index contributed by atoms with van der Waals surface area (Å²) in [6, 6.07) is 2.36. The van der Waals surface area contributed by atoms with E-state index >= 15 is 0 Å². The lowest BCUT2D eigenvalue weighted by molar-refractivity contribution is -0.101. The molecule has 0 aromatic heterocycles. The maximum Gasteiger partial charge on any atom is 0.263 e. The van der Waals surface area contributed by atoms with Gasteiger partial charge in [0.1, 0.15) is 5.82 Å². The van der Waals surface area contributed by atoms with Gasteiger partial charge in [-0.3, -0.25) is 4.79 Å². The molecule has 1 aliphatic carbocycles. The van der Waals surface area contributed by atoms with Crippen LogP contribution in [-0.2, 0) is 0 Å². The molecule has 8 heteroatoms. The van der Waals surface area contributed by atoms with Gasteiger partial charge >= 0.3 is 0 Å². The fourth-order valence-electron chi connectivity index (χ4n) is 2.45. The minimum absolute atomic E-state index is 0.208. The van der Waals surface area contributed by atoms with Crippen molar-refractivity contribution in [2.24, 2.45) is 0 Å². The second-order valence-electron chi connectivity index (χ2n) is 5.80. The molecule has 0 unspecified atom stereocenters. The molecule has 1 aromatic carbocycles. The van der Waals surface area contributed by atoms with E-state index in [0.29, 0.717) is 0 Å². The van der Waals surface area contributed by atoms with Crippen LogP contribution in [0, 0.1) is 5.82 Å². The van der Waals surface area contributed by atoms with Crippen LogP contribution in [0.5, 0.6) is 0 Å². The minimum Gasteiger partial charge on any atom is -0.388 e. The molecule has 128 valence electrons. The summed E-state index contributed by atoms with van der Waals surface area (Å²) in [5, 5.41) is 12.4. The van der Waals surface area contributed by atoms with Gasteiger partial charge in [-0.25, -0.2) is 22.0 Å². The zero-order chi connectivity index (χ0) is 17.3. The first-order chi connectivity index (χ1) is 10.6. The number of hydrogen-bond donors (Lipinski definition) is 2. The van der Waals surface area contributed by atoms with E-state index in [2.05, 4.69) is 5.32 Å². The van der Waals surface area contributed by atoms with E-state index in [-0.39, 0.29) is 19.4 Å². The lowest BCUT2D eigenvalue weighted by Crippen LogP contribution is -2.47. The molecule has 1 aliphatic rings. The van der Waals surface area contributed by atoms with Crippen LogP contribution in [0.4, 0.5) is 22.0 Å². The predicted octanol–water partition coefficient (Wildman–Crippen LogP) is 3.43. The Bertz CT molecular complexity index is 581. The van der Waals surface area contributed by atoms with Gasteiger partial charge in [0.25, 0.3) is 12.3 Å². The normalized spacial score (nSPS) is 19.6. The van der Waals surface area contributed by atoms with Crippen molar-refractivity contribution in [1.29, 1.82) is 0 Å². The van der Waals surface area contributed by atoms with Gasteiger partial charge in [-0.2, -0.15) is 0 Å². The summed E-state index contributed by atoms with van der Waals surface area (Å²) in [5.74, 6) is -4.79. The number of carbonyl (C=O) groups excluding carboxylic acids is 1. The van der Waals surface area contributed by atoms with Crippen molar-refractivity contribution in [1.82, 2.24) is 5.32 Å². The first kappa shape index (κ1) is 17.7. The highest BCUT2D eigenvalue weighted by atomic mass is 19.3. The Labute approximate surface area is 129 Å². The van der Waals surface area contributed by atoms with Crippen molar-refractivity contribution in [3.63, 3.8) is 0 Å². The van der Waals surface area contributed by atoms with Crippen LogP contribution in [0.2, 0.25) is 0 Å². The fourth-order valence-corrected chi connectivity index (χ4v) is 2.45. The standard InChI is InChI=1S/C15H16F5NO2/c16-11-2-1-9(12(17)18)7-10(11)13(22)21-8-14(23)3-5-15(19,20)6-4-14/h1-2,7,12,23H,3-6,8H2,(H,21,22). The average molecular weight is 337 g/mol. The van der Waals surface area contributed by atoms with E-state index in [4.69, 9.17) is 0 Å². The lowest BCUT2D eigenvalue weighted by atomic mass is 9.82. The number of benzene rings is 1. The Morgan fingerprint density at radius 2 is 1.83 bits per heavy atom. The Morgan fingerprint density at radius 1 is 1.22 bits per heavy atom. The maximum absolute atomic E-state index is 13.6. The third-order valence-electron chi connectivity index (χ3n) is 3.98. The SMILES string of the molecule is O=C(NCC1(O)CCC(F)(F)CC1)c1cc(C(F)F)ccc1F. The van der Waals surface area contributed by atoms with E-state index in [1.54, 1.807) is 0 Å². The number of carbonyl (C=O) groups is 1. The van der Waals surface area contributed by atoms with Gasteiger partial charge in [-0.15, -0.1) is 0 Å². The quantitative estimate of drug-likeness (QED) is 0.827. The Hall–Kier alpha value is -1.70. The fraction of sp³-hybridized carbons (Fsp3) is 0.533. The monoisotopic (exact) mass is 337 g/mol. The number of amides is 1. The number of nitrogens with one attached hydrogen (secondary N) is 1. The maximum atomic E-state index is 13.6. The van der Waals surface area contributed by atoms with Crippen LogP contribution in [0.25, 0.3) is 0 Å². The number of alkyl halides is 4. The van der Waals surface area contributed by atoms with Crippen molar-refractivity contribution < 1.29 is 31.9 Å². The number of rotatable bonds is 4. The van der Waals surface area contributed by atoms with Gasteiger partial charge in [-0.1, -0.05) is 6.07 Å². The summed E-state index contributed by atoms with van der Waals surface area (Å²) in [6.45, 7) is -0.347.